The normalized spacial score (nSPS) is 16.4. The third kappa shape index (κ3) is 7.23. The van der Waals surface area contributed by atoms with Crippen LogP contribution in [0.15, 0.2) is 34.2 Å². The number of halogens is 1. The molecule has 1 aromatic carbocycles. The Morgan fingerprint density at radius 1 is 1.32 bits per heavy atom. The third-order valence-electron chi connectivity index (χ3n) is 3.94. The van der Waals surface area contributed by atoms with Gasteiger partial charge in [-0.1, -0.05) is 11.6 Å². The molecule has 0 aromatic heterocycles. The molecule has 0 aliphatic carbocycles. The number of nitrogens with zero attached hydrogens (tertiary/aromatic N) is 2. The molecule has 1 aliphatic heterocycles. The molecular formula is C19H21ClN2O7S2. The van der Waals surface area contributed by atoms with Gasteiger partial charge in [0.25, 0.3) is 5.69 Å². The molecule has 1 aliphatic rings. The molecule has 1 fully saturated rings. The van der Waals surface area contributed by atoms with E-state index in [9.17, 15) is 24.5 Å². The van der Waals surface area contributed by atoms with Gasteiger partial charge in [-0.3, -0.25) is 24.6 Å². The van der Waals surface area contributed by atoms with E-state index in [4.69, 9.17) is 21.1 Å². The Kier molecular flexibility index (Phi) is 9.82. The summed E-state index contributed by atoms with van der Waals surface area (Å²) in [6.45, 7) is 3.95. The average Bonchev–Trinajstić information content (AvgIpc) is 2.72. The predicted molar refractivity (Wildman–Crippen MR) is 118 cm³/mol. The lowest BCUT2D eigenvalue weighted by Crippen LogP contribution is -2.50. The number of esters is 1. The summed E-state index contributed by atoms with van der Waals surface area (Å²) in [5.74, 6) is -0.712. The Labute approximate surface area is 192 Å². The molecular weight excluding hydrogens is 468 g/mol. The molecule has 9 nitrogen and oxygen atoms in total. The number of rotatable bonds is 11. The molecule has 0 N–H and O–H groups in total. The van der Waals surface area contributed by atoms with E-state index in [1.54, 1.807) is 0 Å². The summed E-state index contributed by atoms with van der Waals surface area (Å²) in [7, 11) is 0. The Hall–Kier alpha value is -2.08. The number of amides is 1. The summed E-state index contributed by atoms with van der Waals surface area (Å²) in [5, 5.41) is 10.5. The fourth-order valence-corrected chi connectivity index (χ4v) is 4.89. The molecule has 0 saturated carbocycles. The van der Waals surface area contributed by atoms with Crippen LogP contribution in [0.25, 0.3) is 0 Å². The summed E-state index contributed by atoms with van der Waals surface area (Å²) >= 11 is 8.17. The van der Waals surface area contributed by atoms with Crippen LogP contribution < -0.4 is 0 Å². The van der Waals surface area contributed by atoms with E-state index in [0.29, 0.717) is 28.8 Å². The molecule has 1 amide bonds. The van der Waals surface area contributed by atoms with Crippen LogP contribution in [0.5, 0.6) is 0 Å². The lowest BCUT2D eigenvalue weighted by molar-refractivity contribution is -0.384. The molecule has 1 aromatic rings. The maximum atomic E-state index is 12.9. The van der Waals surface area contributed by atoms with Crippen molar-refractivity contribution in [1.29, 1.82) is 0 Å². The SMILES string of the molecule is CCOCCSC(SC(C)=O)=C(C(=O)OCc1ccc([N+](=O)[O-])cc1)N1C(=O)CC1Cl. The number of alkyl halides is 1. The highest BCUT2D eigenvalue weighted by Gasteiger charge is 2.42. The van der Waals surface area contributed by atoms with Crippen molar-refractivity contribution in [2.24, 2.45) is 0 Å². The molecule has 0 spiro atoms. The average molecular weight is 489 g/mol. The second-order valence-corrected chi connectivity index (χ2v) is 9.23. The number of benzene rings is 1. The maximum Gasteiger partial charge on any atom is 0.357 e. The van der Waals surface area contributed by atoms with Crippen LogP contribution in [0.1, 0.15) is 25.8 Å². The summed E-state index contributed by atoms with van der Waals surface area (Å²) < 4.78 is 10.9. The van der Waals surface area contributed by atoms with Crippen molar-refractivity contribution in [3.63, 3.8) is 0 Å². The standard InChI is InChI=1S/C19H21ClN2O7S2/c1-3-28-8-9-30-19(31-12(2)23)17(21-15(20)10-16(21)24)18(25)29-11-13-4-6-14(7-5-13)22(26)27/h4-7,15H,3,8-11H2,1-2H3. The van der Waals surface area contributed by atoms with Gasteiger partial charge in [0.05, 0.1) is 22.2 Å². The molecule has 1 saturated heterocycles. The molecule has 2 rings (SSSR count). The number of hydrogen-bond acceptors (Lipinski definition) is 9. The van der Waals surface area contributed by atoms with Crippen molar-refractivity contribution in [1.82, 2.24) is 4.90 Å². The van der Waals surface area contributed by atoms with Crippen LogP contribution in [0.2, 0.25) is 0 Å². The zero-order chi connectivity index (χ0) is 23.0. The molecule has 1 unspecified atom stereocenters. The second kappa shape index (κ2) is 12.1. The number of carbonyl (C=O) groups excluding carboxylic acids is 3. The van der Waals surface area contributed by atoms with Crippen LogP contribution >= 0.6 is 35.1 Å². The largest absolute Gasteiger partial charge is 0.456 e. The van der Waals surface area contributed by atoms with E-state index in [-0.39, 0.29) is 35.4 Å². The summed E-state index contributed by atoms with van der Waals surface area (Å²) in [5.41, 5.74) is -0.359. The van der Waals surface area contributed by atoms with Gasteiger partial charge >= 0.3 is 5.97 Å². The highest BCUT2D eigenvalue weighted by molar-refractivity contribution is 8.29. The van der Waals surface area contributed by atoms with Crippen LogP contribution in [0.4, 0.5) is 5.69 Å². The number of hydrogen-bond donors (Lipinski definition) is 0. The van der Waals surface area contributed by atoms with Gasteiger partial charge in [0.15, 0.2) is 10.8 Å². The number of likely N-dealkylation sites (tertiary alicyclic amines) is 1. The summed E-state index contributed by atoms with van der Waals surface area (Å²) in [6, 6.07) is 5.54. The number of carbonyl (C=O) groups is 3. The highest BCUT2D eigenvalue weighted by atomic mass is 35.5. The van der Waals surface area contributed by atoms with Crippen LogP contribution in [-0.2, 0) is 30.5 Å². The van der Waals surface area contributed by atoms with Gasteiger partial charge in [-0.2, -0.15) is 0 Å². The molecule has 1 atom stereocenters. The van der Waals surface area contributed by atoms with Gasteiger partial charge < -0.3 is 9.47 Å². The van der Waals surface area contributed by atoms with Crippen molar-refractivity contribution < 1.29 is 28.8 Å². The molecule has 168 valence electrons. The molecule has 31 heavy (non-hydrogen) atoms. The van der Waals surface area contributed by atoms with Crippen molar-refractivity contribution >= 4 is 57.8 Å². The molecule has 1 heterocycles. The van der Waals surface area contributed by atoms with E-state index in [0.717, 1.165) is 16.7 Å². The summed E-state index contributed by atoms with van der Waals surface area (Å²) in [4.78, 5) is 48.2. The minimum Gasteiger partial charge on any atom is -0.456 e. The zero-order valence-electron chi connectivity index (χ0n) is 16.9. The number of nitro groups is 1. The van der Waals surface area contributed by atoms with Gasteiger partial charge in [0, 0.05) is 31.4 Å². The lowest BCUT2D eigenvalue weighted by atomic mass is 10.2. The van der Waals surface area contributed by atoms with Crippen LogP contribution in [-0.4, -0.2) is 51.3 Å². The predicted octanol–water partition coefficient (Wildman–Crippen LogP) is 3.65. The van der Waals surface area contributed by atoms with E-state index in [1.807, 2.05) is 6.92 Å². The number of ether oxygens (including phenoxy) is 2. The van der Waals surface area contributed by atoms with Crippen molar-refractivity contribution in [3.8, 4) is 0 Å². The highest BCUT2D eigenvalue weighted by Crippen LogP contribution is 2.39. The first-order valence-corrected chi connectivity index (χ1v) is 11.5. The van der Waals surface area contributed by atoms with Crippen molar-refractivity contribution in [2.45, 2.75) is 32.4 Å². The number of non-ortho nitro benzene ring substituents is 1. The van der Waals surface area contributed by atoms with Crippen LogP contribution in [0, 0.1) is 10.1 Å². The minimum absolute atomic E-state index is 0.0717. The monoisotopic (exact) mass is 488 g/mol. The van der Waals surface area contributed by atoms with E-state index >= 15 is 0 Å². The maximum absolute atomic E-state index is 12.9. The van der Waals surface area contributed by atoms with Crippen molar-refractivity contribution in [3.05, 3.63) is 49.9 Å². The van der Waals surface area contributed by atoms with Crippen molar-refractivity contribution in [2.75, 3.05) is 19.0 Å². The Bertz CT molecular complexity index is 877. The first-order chi connectivity index (χ1) is 14.7. The van der Waals surface area contributed by atoms with E-state index < -0.39 is 16.4 Å². The molecule has 0 radical (unpaired) electrons. The number of nitro benzene ring substituents is 1. The van der Waals surface area contributed by atoms with Gasteiger partial charge in [0.1, 0.15) is 12.1 Å². The number of thioether (sulfide) groups is 2. The Morgan fingerprint density at radius 2 is 2.00 bits per heavy atom. The topological polar surface area (TPSA) is 116 Å². The smallest absolute Gasteiger partial charge is 0.357 e. The quantitative estimate of drug-likeness (QED) is 0.0672. The van der Waals surface area contributed by atoms with Gasteiger partial charge in [-0.15, -0.1) is 11.8 Å². The number of β-lactam (4-membered cyclic amide) rings is 1. The third-order valence-corrected chi connectivity index (χ3v) is 6.38. The summed E-state index contributed by atoms with van der Waals surface area (Å²) in [6.07, 6.45) is 0.0717. The Morgan fingerprint density at radius 3 is 2.52 bits per heavy atom. The first kappa shape index (κ1) is 25.2. The second-order valence-electron chi connectivity index (χ2n) is 6.18. The van der Waals surface area contributed by atoms with E-state index in [2.05, 4.69) is 0 Å². The molecule has 0 bridgehead atoms. The Balaban J connectivity index is 2.24. The fourth-order valence-electron chi connectivity index (χ4n) is 2.47. The van der Waals surface area contributed by atoms with Gasteiger partial charge in [-0.05, 0) is 36.4 Å². The zero-order valence-corrected chi connectivity index (χ0v) is 19.3. The van der Waals surface area contributed by atoms with Gasteiger partial charge in [-0.25, -0.2) is 4.79 Å². The first-order valence-electron chi connectivity index (χ1n) is 9.24. The molecule has 12 heteroatoms. The van der Waals surface area contributed by atoms with Gasteiger partial charge in [0.2, 0.25) is 5.91 Å². The lowest BCUT2D eigenvalue weighted by Gasteiger charge is -2.37. The fraction of sp³-hybridized carbons (Fsp3) is 0.421. The minimum atomic E-state index is -0.815. The van der Waals surface area contributed by atoms with Crippen LogP contribution in [0.3, 0.4) is 0 Å². The van der Waals surface area contributed by atoms with E-state index in [1.165, 1.54) is 43.0 Å².